The highest BCUT2D eigenvalue weighted by Gasteiger charge is 2.03. The second kappa shape index (κ2) is 8.46. The largest absolute Gasteiger partial charge is 0.385 e. The van der Waals surface area contributed by atoms with Gasteiger partial charge in [0.15, 0.2) is 0 Å². The first-order chi connectivity index (χ1) is 10.4. The van der Waals surface area contributed by atoms with E-state index in [1.807, 2.05) is 6.21 Å². The normalized spacial score (nSPS) is 11.3. The van der Waals surface area contributed by atoms with Crippen LogP contribution < -0.4 is 5.32 Å². The van der Waals surface area contributed by atoms with Crippen molar-refractivity contribution in [1.82, 2.24) is 0 Å². The van der Waals surface area contributed by atoms with Crippen molar-refractivity contribution in [3.8, 4) is 0 Å². The van der Waals surface area contributed by atoms with Gasteiger partial charge in [0.25, 0.3) is 0 Å². The summed E-state index contributed by atoms with van der Waals surface area (Å²) in [6.45, 7) is 6.36. The Bertz CT molecular complexity index is 587. The van der Waals surface area contributed by atoms with Crippen molar-refractivity contribution < 1.29 is 0 Å². The topological polar surface area (TPSA) is 24.4 Å². The maximum atomic E-state index is 4.54. The monoisotopic (exact) mass is 282 g/mol. The van der Waals surface area contributed by atoms with Gasteiger partial charge in [0.05, 0.1) is 0 Å². The summed E-state index contributed by atoms with van der Waals surface area (Å²) in [5.41, 5.74) is 2.44. The number of aliphatic imine (C=N–C) groups is 1. The summed E-state index contributed by atoms with van der Waals surface area (Å²) >= 11 is 0. The zero-order valence-electron chi connectivity index (χ0n) is 13.2. The molecule has 0 aliphatic rings. The molecule has 0 atom stereocenters. The number of benzene rings is 2. The second-order valence-corrected chi connectivity index (χ2v) is 5.42. The third-order valence-electron chi connectivity index (χ3n) is 3.67. The van der Waals surface area contributed by atoms with E-state index in [1.165, 1.54) is 41.3 Å². The molecule has 0 amide bonds. The van der Waals surface area contributed by atoms with Gasteiger partial charge in [-0.2, -0.15) is 0 Å². The van der Waals surface area contributed by atoms with Crippen molar-refractivity contribution in [1.29, 1.82) is 0 Å². The number of rotatable bonds is 8. The fourth-order valence-electron chi connectivity index (χ4n) is 2.40. The summed E-state index contributed by atoms with van der Waals surface area (Å²) in [7, 11) is 0. The highest BCUT2D eigenvalue weighted by molar-refractivity contribution is 6.05. The molecule has 0 bridgehead atoms. The Hall–Kier alpha value is -1.83. The van der Waals surface area contributed by atoms with Gasteiger partial charge < -0.3 is 5.32 Å². The zero-order chi connectivity index (χ0) is 14.9. The zero-order valence-corrected chi connectivity index (χ0v) is 13.2. The molecule has 2 nitrogen and oxygen atoms in total. The first kappa shape index (κ1) is 15.6. The van der Waals surface area contributed by atoms with Crippen LogP contribution in [0.5, 0.6) is 0 Å². The van der Waals surface area contributed by atoms with Crippen molar-refractivity contribution in [2.75, 3.05) is 18.4 Å². The second-order valence-electron chi connectivity index (χ2n) is 5.42. The summed E-state index contributed by atoms with van der Waals surface area (Å²) in [5, 5.41) is 6.11. The third-order valence-corrected chi connectivity index (χ3v) is 3.67. The lowest BCUT2D eigenvalue weighted by Crippen LogP contribution is -2.02. The van der Waals surface area contributed by atoms with Crippen molar-refractivity contribution in [3.05, 3.63) is 42.0 Å². The van der Waals surface area contributed by atoms with Crippen molar-refractivity contribution in [2.45, 2.75) is 39.5 Å². The summed E-state index contributed by atoms with van der Waals surface area (Å²) in [4.78, 5) is 4.54. The predicted molar refractivity (Wildman–Crippen MR) is 94.7 cm³/mol. The van der Waals surface area contributed by atoms with E-state index >= 15 is 0 Å². The molecule has 0 unspecified atom stereocenters. The van der Waals surface area contributed by atoms with Crippen LogP contribution in [0.15, 0.2) is 41.4 Å². The average Bonchev–Trinajstić information content (AvgIpc) is 2.53. The van der Waals surface area contributed by atoms with Crippen LogP contribution in [0.2, 0.25) is 0 Å². The molecule has 2 heteroatoms. The molecule has 21 heavy (non-hydrogen) atoms. The fourth-order valence-corrected chi connectivity index (χ4v) is 2.40. The molecule has 0 aliphatic heterocycles. The van der Waals surface area contributed by atoms with Crippen LogP contribution >= 0.6 is 0 Å². The van der Waals surface area contributed by atoms with Crippen LogP contribution in [0.4, 0.5) is 5.69 Å². The molecule has 0 fully saturated rings. The fraction of sp³-hybridized carbons (Fsp3) is 0.421. The lowest BCUT2D eigenvalue weighted by atomic mass is 10.0. The Morgan fingerprint density at radius 3 is 2.48 bits per heavy atom. The Balaban J connectivity index is 2.24. The number of hydrogen-bond donors (Lipinski definition) is 1. The number of anilines is 1. The maximum absolute atomic E-state index is 4.54. The molecule has 0 radical (unpaired) electrons. The van der Waals surface area contributed by atoms with Gasteiger partial charge in [-0.25, -0.2) is 0 Å². The highest BCUT2D eigenvalue weighted by atomic mass is 14.9. The molecule has 0 saturated heterocycles. The summed E-state index contributed by atoms with van der Waals surface area (Å²) < 4.78 is 0. The van der Waals surface area contributed by atoms with Crippen molar-refractivity contribution in [2.24, 2.45) is 4.99 Å². The van der Waals surface area contributed by atoms with Gasteiger partial charge >= 0.3 is 0 Å². The molecule has 2 aromatic carbocycles. The number of nitrogens with zero attached hydrogens (tertiary/aromatic N) is 1. The van der Waals surface area contributed by atoms with Crippen LogP contribution in [-0.2, 0) is 0 Å². The van der Waals surface area contributed by atoms with Gasteiger partial charge in [0.2, 0.25) is 0 Å². The van der Waals surface area contributed by atoms with E-state index in [0.717, 1.165) is 19.5 Å². The molecule has 0 aromatic heterocycles. The summed E-state index contributed by atoms with van der Waals surface area (Å²) in [6, 6.07) is 12.9. The van der Waals surface area contributed by atoms with Crippen LogP contribution in [0, 0.1) is 0 Å². The first-order valence-corrected chi connectivity index (χ1v) is 8.12. The number of unbranched alkanes of at least 4 members (excludes halogenated alkanes) is 2. The Labute approximate surface area is 128 Å². The van der Waals surface area contributed by atoms with E-state index in [1.54, 1.807) is 0 Å². The van der Waals surface area contributed by atoms with E-state index in [0.29, 0.717) is 0 Å². The molecule has 0 aliphatic carbocycles. The van der Waals surface area contributed by atoms with E-state index in [9.17, 15) is 0 Å². The minimum absolute atomic E-state index is 0.918. The molecule has 1 N–H and O–H groups in total. The summed E-state index contributed by atoms with van der Waals surface area (Å²) in [6.07, 6.45) is 6.79. The molecule has 2 aromatic rings. The van der Waals surface area contributed by atoms with Crippen LogP contribution in [-0.4, -0.2) is 19.3 Å². The standard InChI is InChI=1S/C19H26N2/c1-3-5-13-20-15-16-11-12-19(21-14-6-4-2)18-10-8-7-9-17(16)18/h7-12,15,21H,3-6,13-14H2,1-2H3. The quantitative estimate of drug-likeness (QED) is 0.517. The Morgan fingerprint density at radius 1 is 0.952 bits per heavy atom. The van der Waals surface area contributed by atoms with Gasteiger partial charge in [0.1, 0.15) is 0 Å². The van der Waals surface area contributed by atoms with E-state index in [-0.39, 0.29) is 0 Å². The average molecular weight is 282 g/mol. The van der Waals surface area contributed by atoms with Crippen LogP contribution in [0.25, 0.3) is 10.8 Å². The number of hydrogen-bond acceptors (Lipinski definition) is 2. The van der Waals surface area contributed by atoms with Gasteiger partial charge in [-0.15, -0.1) is 0 Å². The molecular weight excluding hydrogens is 256 g/mol. The third kappa shape index (κ3) is 4.32. The minimum atomic E-state index is 0.918. The van der Waals surface area contributed by atoms with Crippen LogP contribution in [0.3, 0.4) is 0 Å². The smallest absolute Gasteiger partial charge is 0.0420 e. The van der Waals surface area contributed by atoms with Gasteiger partial charge in [-0.3, -0.25) is 4.99 Å². The van der Waals surface area contributed by atoms with Gasteiger partial charge in [0, 0.05) is 35.9 Å². The molecule has 0 heterocycles. The maximum Gasteiger partial charge on any atom is 0.0420 e. The lowest BCUT2D eigenvalue weighted by Gasteiger charge is -2.11. The van der Waals surface area contributed by atoms with Crippen molar-refractivity contribution >= 4 is 22.7 Å². The highest BCUT2D eigenvalue weighted by Crippen LogP contribution is 2.26. The minimum Gasteiger partial charge on any atom is -0.385 e. The lowest BCUT2D eigenvalue weighted by molar-refractivity contribution is 0.810. The first-order valence-electron chi connectivity index (χ1n) is 8.12. The molecule has 0 saturated carbocycles. The number of nitrogens with one attached hydrogen (secondary N) is 1. The Kier molecular flexibility index (Phi) is 6.26. The Morgan fingerprint density at radius 2 is 1.71 bits per heavy atom. The van der Waals surface area contributed by atoms with Gasteiger partial charge in [-0.05, 0) is 24.3 Å². The molecule has 2 rings (SSSR count). The van der Waals surface area contributed by atoms with E-state index < -0.39 is 0 Å². The molecule has 0 spiro atoms. The van der Waals surface area contributed by atoms with Crippen LogP contribution in [0.1, 0.15) is 45.1 Å². The SMILES string of the molecule is CCCCN=Cc1ccc(NCCCC)c2ccccc12. The summed E-state index contributed by atoms with van der Waals surface area (Å²) in [5.74, 6) is 0. The van der Waals surface area contributed by atoms with E-state index in [2.05, 4.69) is 60.6 Å². The predicted octanol–water partition coefficient (Wildman–Crippen LogP) is 5.27. The molecule has 112 valence electrons. The van der Waals surface area contributed by atoms with E-state index in [4.69, 9.17) is 0 Å². The van der Waals surface area contributed by atoms with Crippen molar-refractivity contribution in [3.63, 3.8) is 0 Å². The van der Waals surface area contributed by atoms with Gasteiger partial charge in [-0.1, -0.05) is 57.0 Å². The molecular formula is C19H26N2. The number of fused-ring (bicyclic) bond motifs is 1.